The lowest BCUT2D eigenvalue weighted by molar-refractivity contribution is 0.275. The van der Waals surface area contributed by atoms with Crippen molar-refractivity contribution in [2.75, 3.05) is 18.5 Å². The molecule has 1 aliphatic heterocycles. The third-order valence-electron chi connectivity index (χ3n) is 4.17. The number of benzene rings is 1. The van der Waals surface area contributed by atoms with E-state index in [2.05, 4.69) is 72.2 Å². The van der Waals surface area contributed by atoms with Gasteiger partial charge in [-0.25, -0.2) is 0 Å². The van der Waals surface area contributed by atoms with Crippen LogP contribution in [0.3, 0.4) is 0 Å². The molecular formula is C15H23BrN2. The minimum Gasteiger partial charge on any atom is -0.364 e. The molecule has 0 aliphatic carbocycles. The number of hydrogen-bond acceptors (Lipinski definition) is 2. The quantitative estimate of drug-likeness (QED) is 0.895. The number of nitrogens with zero attached hydrogens (tertiary/aromatic N) is 1. The van der Waals surface area contributed by atoms with Crippen LogP contribution in [-0.4, -0.2) is 25.2 Å². The Labute approximate surface area is 119 Å². The van der Waals surface area contributed by atoms with Gasteiger partial charge < -0.3 is 10.2 Å². The van der Waals surface area contributed by atoms with Crippen molar-refractivity contribution in [1.82, 2.24) is 5.32 Å². The maximum Gasteiger partial charge on any atom is 0.0515 e. The van der Waals surface area contributed by atoms with Gasteiger partial charge in [0.05, 0.1) is 5.69 Å². The molecule has 1 saturated heterocycles. The summed E-state index contributed by atoms with van der Waals surface area (Å²) >= 11 is 3.71. The predicted molar refractivity (Wildman–Crippen MR) is 82.4 cm³/mol. The summed E-state index contributed by atoms with van der Waals surface area (Å²) in [7, 11) is 2.07. The van der Waals surface area contributed by atoms with E-state index in [9.17, 15) is 0 Å². The lowest BCUT2D eigenvalue weighted by Gasteiger charge is -2.49. The number of hydrogen-bond donors (Lipinski definition) is 1. The molecule has 1 aromatic rings. The van der Waals surface area contributed by atoms with Crippen LogP contribution in [0.25, 0.3) is 0 Å². The van der Waals surface area contributed by atoms with E-state index in [0.717, 1.165) is 6.54 Å². The molecule has 1 unspecified atom stereocenters. The zero-order valence-electron chi connectivity index (χ0n) is 11.8. The van der Waals surface area contributed by atoms with Gasteiger partial charge in [-0.05, 0) is 74.3 Å². The second-order valence-corrected chi connectivity index (χ2v) is 6.60. The van der Waals surface area contributed by atoms with Crippen molar-refractivity contribution in [2.24, 2.45) is 0 Å². The first-order chi connectivity index (χ1) is 8.46. The number of halogens is 1. The predicted octanol–water partition coefficient (Wildman–Crippen LogP) is 3.72. The highest BCUT2D eigenvalue weighted by molar-refractivity contribution is 9.10. The summed E-state index contributed by atoms with van der Waals surface area (Å²) in [6.07, 6.45) is 2.50. The van der Waals surface area contributed by atoms with Crippen LogP contribution in [-0.2, 0) is 0 Å². The van der Waals surface area contributed by atoms with E-state index in [1.165, 1.54) is 28.6 Å². The van der Waals surface area contributed by atoms with E-state index >= 15 is 0 Å². The van der Waals surface area contributed by atoms with Gasteiger partial charge >= 0.3 is 0 Å². The molecule has 3 heteroatoms. The summed E-state index contributed by atoms with van der Waals surface area (Å²) in [6, 6.07) is 7.17. The molecule has 1 aliphatic rings. The lowest BCUT2D eigenvalue weighted by Crippen LogP contribution is -2.60. The van der Waals surface area contributed by atoms with Crippen molar-refractivity contribution in [2.45, 2.75) is 45.2 Å². The number of rotatable bonds is 2. The van der Waals surface area contributed by atoms with Crippen LogP contribution in [0.2, 0.25) is 0 Å². The van der Waals surface area contributed by atoms with Crippen LogP contribution in [0.1, 0.15) is 32.3 Å². The number of piperidine rings is 1. The first-order valence-corrected chi connectivity index (χ1v) is 7.47. The zero-order chi connectivity index (χ0) is 13.3. The van der Waals surface area contributed by atoms with E-state index in [0.29, 0.717) is 6.04 Å². The maximum absolute atomic E-state index is 3.71. The van der Waals surface area contributed by atoms with E-state index in [1.54, 1.807) is 0 Å². The molecule has 2 nitrogen and oxygen atoms in total. The molecule has 1 N–H and O–H groups in total. The Morgan fingerprint density at radius 2 is 2.11 bits per heavy atom. The molecule has 0 amide bonds. The molecular weight excluding hydrogens is 288 g/mol. The summed E-state index contributed by atoms with van der Waals surface area (Å²) in [5, 5.41) is 3.47. The van der Waals surface area contributed by atoms with Crippen LogP contribution in [0, 0.1) is 6.92 Å². The van der Waals surface area contributed by atoms with Gasteiger partial charge in [0.15, 0.2) is 0 Å². The van der Waals surface area contributed by atoms with Crippen molar-refractivity contribution in [3.63, 3.8) is 0 Å². The summed E-state index contributed by atoms with van der Waals surface area (Å²) in [4.78, 5) is 2.53. The average Bonchev–Trinajstić information content (AvgIpc) is 2.29. The second-order valence-electron chi connectivity index (χ2n) is 5.74. The first-order valence-electron chi connectivity index (χ1n) is 6.68. The van der Waals surface area contributed by atoms with Gasteiger partial charge in [-0.1, -0.05) is 6.07 Å². The van der Waals surface area contributed by atoms with Crippen molar-refractivity contribution >= 4 is 21.6 Å². The molecule has 2 rings (SSSR count). The van der Waals surface area contributed by atoms with Gasteiger partial charge in [0.2, 0.25) is 0 Å². The Balaban J connectivity index is 2.36. The third kappa shape index (κ3) is 2.43. The van der Waals surface area contributed by atoms with Gasteiger partial charge in [0.25, 0.3) is 0 Å². The zero-order valence-corrected chi connectivity index (χ0v) is 13.3. The fraction of sp³-hybridized carbons (Fsp3) is 0.600. The van der Waals surface area contributed by atoms with Crippen molar-refractivity contribution in [3.8, 4) is 0 Å². The molecule has 0 radical (unpaired) electrons. The summed E-state index contributed by atoms with van der Waals surface area (Å²) in [5.74, 6) is 0. The average molecular weight is 311 g/mol. The molecule has 0 aromatic heterocycles. The van der Waals surface area contributed by atoms with Gasteiger partial charge in [-0.3, -0.25) is 0 Å². The normalized spacial score (nSPS) is 23.2. The highest BCUT2D eigenvalue weighted by Gasteiger charge is 2.38. The number of anilines is 1. The largest absolute Gasteiger partial charge is 0.364 e. The molecule has 1 aromatic carbocycles. The molecule has 0 saturated carbocycles. The molecule has 18 heavy (non-hydrogen) atoms. The number of nitrogens with one attached hydrogen (secondary N) is 1. The Bertz CT molecular complexity index is 429. The van der Waals surface area contributed by atoms with E-state index < -0.39 is 0 Å². The van der Waals surface area contributed by atoms with Gasteiger partial charge in [0.1, 0.15) is 0 Å². The van der Waals surface area contributed by atoms with Gasteiger partial charge in [0, 0.05) is 22.6 Å². The molecule has 1 fully saturated rings. The van der Waals surface area contributed by atoms with Crippen molar-refractivity contribution in [3.05, 3.63) is 28.2 Å². The standard InChI is InChI=1S/C15H23BrN2/c1-11-7-8-13(12(16)10-11)18-9-5-6-14(17-4)15(18,2)3/h7-8,10,14,17H,5-6,9H2,1-4H3. The topological polar surface area (TPSA) is 15.3 Å². The minimum absolute atomic E-state index is 0.144. The van der Waals surface area contributed by atoms with E-state index in [1.807, 2.05) is 0 Å². The van der Waals surface area contributed by atoms with Gasteiger partial charge in [-0.2, -0.15) is 0 Å². The summed E-state index contributed by atoms with van der Waals surface area (Å²) in [6.45, 7) is 7.93. The Morgan fingerprint density at radius 3 is 2.72 bits per heavy atom. The SMILES string of the molecule is CNC1CCCN(c2ccc(C)cc2Br)C1(C)C. The van der Waals surface area contributed by atoms with Crippen LogP contribution in [0.4, 0.5) is 5.69 Å². The minimum atomic E-state index is 0.144. The van der Waals surface area contributed by atoms with E-state index in [4.69, 9.17) is 0 Å². The van der Waals surface area contributed by atoms with Crippen molar-refractivity contribution in [1.29, 1.82) is 0 Å². The van der Waals surface area contributed by atoms with Crippen LogP contribution >= 0.6 is 15.9 Å². The highest BCUT2D eigenvalue weighted by Crippen LogP contribution is 2.37. The highest BCUT2D eigenvalue weighted by atomic mass is 79.9. The number of aryl methyl sites for hydroxylation is 1. The van der Waals surface area contributed by atoms with Crippen LogP contribution in [0.5, 0.6) is 0 Å². The number of likely N-dealkylation sites (N-methyl/N-ethyl adjacent to an activating group) is 1. The molecule has 0 spiro atoms. The third-order valence-corrected chi connectivity index (χ3v) is 4.80. The fourth-order valence-electron chi connectivity index (χ4n) is 3.04. The summed E-state index contributed by atoms with van der Waals surface area (Å²) in [5.41, 5.74) is 2.75. The molecule has 100 valence electrons. The molecule has 0 bridgehead atoms. The second kappa shape index (κ2) is 5.22. The Hall–Kier alpha value is -0.540. The smallest absolute Gasteiger partial charge is 0.0515 e. The summed E-state index contributed by atoms with van der Waals surface area (Å²) < 4.78 is 1.20. The lowest BCUT2D eigenvalue weighted by atomic mass is 9.84. The fourth-order valence-corrected chi connectivity index (χ4v) is 3.75. The van der Waals surface area contributed by atoms with E-state index in [-0.39, 0.29) is 5.54 Å². The van der Waals surface area contributed by atoms with Crippen LogP contribution < -0.4 is 10.2 Å². The molecule has 1 heterocycles. The Kier molecular flexibility index (Phi) is 4.02. The van der Waals surface area contributed by atoms with Crippen molar-refractivity contribution < 1.29 is 0 Å². The monoisotopic (exact) mass is 310 g/mol. The maximum atomic E-state index is 3.71. The Morgan fingerprint density at radius 1 is 1.39 bits per heavy atom. The molecule has 1 atom stereocenters. The first kappa shape index (κ1) is 13.9. The van der Waals surface area contributed by atoms with Crippen LogP contribution in [0.15, 0.2) is 22.7 Å². The van der Waals surface area contributed by atoms with Gasteiger partial charge in [-0.15, -0.1) is 0 Å².